The minimum Gasteiger partial charge on any atom is -0.331 e. The number of hydrogen-bond donors (Lipinski definition) is 1. The third kappa shape index (κ3) is 1.03. The van der Waals surface area contributed by atoms with Gasteiger partial charge in [0, 0.05) is 12.8 Å². The van der Waals surface area contributed by atoms with Gasteiger partial charge in [-0.3, -0.25) is 10.1 Å². The molecule has 0 unspecified atom stereocenters. The highest BCUT2D eigenvalue weighted by Crippen LogP contribution is 2.29. The van der Waals surface area contributed by atoms with Gasteiger partial charge < -0.3 is 5.11 Å². The fourth-order valence-electron chi connectivity index (χ4n) is 1.12. The van der Waals surface area contributed by atoms with Gasteiger partial charge in [-0.25, -0.2) is 0 Å². The highest BCUT2D eigenvalue weighted by atomic mass is 16.7. The van der Waals surface area contributed by atoms with Crippen LogP contribution in [0.4, 0.5) is 0 Å². The van der Waals surface area contributed by atoms with E-state index in [0.717, 1.165) is 12.8 Å². The molecule has 52 valence electrons. The third-order valence-corrected chi connectivity index (χ3v) is 1.74. The van der Waals surface area contributed by atoms with Crippen LogP contribution < -0.4 is 0 Å². The van der Waals surface area contributed by atoms with Gasteiger partial charge in [0.2, 0.25) is 0 Å². The molecule has 0 saturated heterocycles. The van der Waals surface area contributed by atoms with Crippen LogP contribution in [0.25, 0.3) is 0 Å². The molecule has 0 atom stereocenters. The first-order valence-corrected chi connectivity index (χ1v) is 3.02. The molecule has 0 spiro atoms. The van der Waals surface area contributed by atoms with Crippen LogP contribution in [0, 0.1) is 10.1 Å². The third-order valence-electron chi connectivity index (χ3n) is 1.74. The summed E-state index contributed by atoms with van der Waals surface area (Å²) in [5, 5.41) is 19.1. The van der Waals surface area contributed by atoms with Crippen molar-refractivity contribution in [1.29, 1.82) is 0 Å². The molecule has 1 rings (SSSR count). The van der Waals surface area contributed by atoms with E-state index in [2.05, 4.69) is 0 Å². The van der Waals surface area contributed by atoms with Crippen LogP contribution in [0.1, 0.15) is 25.7 Å². The van der Waals surface area contributed by atoms with E-state index in [1.165, 1.54) is 0 Å². The molecule has 0 radical (unpaired) electrons. The molecule has 4 nitrogen and oxygen atoms in total. The average molecular weight is 131 g/mol. The lowest BCUT2D eigenvalue weighted by Gasteiger charge is -2.10. The normalized spacial score (nSPS) is 24.1. The Kier molecular flexibility index (Phi) is 1.40. The lowest BCUT2D eigenvalue weighted by atomic mass is 10.2. The zero-order valence-electron chi connectivity index (χ0n) is 5.04. The van der Waals surface area contributed by atoms with Crippen LogP contribution in [0.2, 0.25) is 0 Å². The van der Waals surface area contributed by atoms with Gasteiger partial charge in [-0.1, -0.05) is 0 Å². The van der Waals surface area contributed by atoms with Gasteiger partial charge in [0.25, 0.3) is 0 Å². The summed E-state index contributed by atoms with van der Waals surface area (Å²) in [4.78, 5) is 9.50. The molecule has 1 aliphatic carbocycles. The van der Waals surface area contributed by atoms with Crippen LogP contribution in [-0.4, -0.2) is 15.8 Å². The molecular weight excluding hydrogens is 122 g/mol. The second-order valence-corrected chi connectivity index (χ2v) is 2.45. The predicted octanol–water partition coefficient (Wildman–Crippen LogP) is 0.526. The summed E-state index contributed by atoms with van der Waals surface area (Å²) in [6.07, 6.45) is 2.19. The molecule has 9 heavy (non-hydrogen) atoms. The lowest BCUT2D eigenvalue weighted by Crippen LogP contribution is -2.34. The van der Waals surface area contributed by atoms with Gasteiger partial charge in [-0.05, 0) is 12.8 Å². The van der Waals surface area contributed by atoms with Gasteiger partial charge in [0.1, 0.15) is 0 Å². The maximum absolute atomic E-state index is 10.1. The molecule has 0 bridgehead atoms. The minimum absolute atomic E-state index is 0.319. The quantitative estimate of drug-likeness (QED) is 0.320. The maximum Gasteiger partial charge on any atom is 0.322 e. The topological polar surface area (TPSA) is 63.4 Å². The molecule has 4 heteroatoms. The molecule has 0 aromatic heterocycles. The Hall–Kier alpha value is -0.640. The van der Waals surface area contributed by atoms with Crippen LogP contribution in [-0.2, 0) is 0 Å². The zero-order valence-corrected chi connectivity index (χ0v) is 5.04. The maximum atomic E-state index is 10.1. The summed E-state index contributed by atoms with van der Waals surface area (Å²) in [5.74, 6) is 0. The summed E-state index contributed by atoms with van der Waals surface area (Å²) in [5.41, 5.74) is -1.58. The molecular formula is C5H9NO3. The van der Waals surface area contributed by atoms with Crippen molar-refractivity contribution in [3.05, 3.63) is 10.1 Å². The fourth-order valence-corrected chi connectivity index (χ4v) is 1.12. The van der Waals surface area contributed by atoms with Crippen molar-refractivity contribution in [2.45, 2.75) is 31.4 Å². The average Bonchev–Trinajstić information content (AvgIpc) is 2.16. The number of nitro groups is 1. The monoisotopic (exact) mass is 131 g/mol. The molecule has 1 saturated carbocycles. The van der Waals surface area contributed by atoms with Gasteiger partial charge >= 0.3 is 5.72 Å². The van der Waals surface area contributed by atoms with Crippen molar-refractivity contribution in [1.82, 2.24) is 0 Å². The Balaban J connectivity index is 2.61. The van der Waals surface area contributed by atoms with Crippen molar-refractivity contribution in [2.75, 3.05) is 0 Å². The summed E-state index contributed by atoms with van der Waals surface area (Å²) in [6, 6.07) is 0. The molecule has 0 aliphatic heterocycles. The van der Waals surface area contributed by atoms with Crippen LogP contribution >= 0.6 is 0 Å². The molecule has 1 N–H and O–H groups in total. The van der Waals surface area contributed by atoms with E-state index in [1.807, 2.05) is 0 Å². The van der Waals surface area contributed by atoms with Crippen LogP contribution in [0.5, 0.6) is 0 Å². The van der Waals surface area contributed by atoms with Gasteiger partial charge in [0.15, 0.2) is 0 Å². The lowest BCUT2D eigenvalue weighted by molar-refractivity contribution is -0.622. The molecule has 0 heterocycles. The SMILES string of the molecule is O=[N+]([O-])C1(O)CCCC1. The Morgan fingerprint density at radius 3 is 2.11 bits per heavy atom. The van der Waals surface area contributed by atoms with E-state index in [4.69, 9.17) is 5.11 Å². The summed E-state index contributed by atoms with van der Waals surface area (Å²) >= 11 is 0. The highest BCUT2D eigenvalue weighted by molar-refractivity contribution is 4.72. The van der Waals surface area contributed by atoms with Gasteiger partial charge in [-0.15, -0.1) is 0 Å². The predicted molar refractivity (Wildman–Crippen MR) is 30.4 cm³/mol. The van der Waals surface area contributed by atoms with E-state index >= 15 is 0 Å². The Morgan fingerprint density at radius 1 is 1.44 bits per heavy atom. The number of nitrogens with zero attached hydrogens (tertiary/aromatic N) is 1. The second kappa shape index (κ2) is 1.95. The standard InChI is InChI=1S/C5H9NO3/c7-5(6(8)9)3-1-2-4-5/h7H,1-4H2. The molecule has 0 amide bonds. The van der Waals surface area contributed by atoms with Crippen molar-refractivity contribution < 1.29 is 10.0 Å². The Labute approximate surface area is 52.6 Å². The molecule has 1 aliphatic rings. The molecule has 0 aromatic carbocycles. The molecule has 0 aromatic rings. The van der Waals surface area contributed by atoms with Gasteiger partial charge in [-0.2, -0.15) is 0 Å². The number of aliphatic hydroxyl groups is 1. The second-order valence-electron chi connectivity index (χ2n) is 2.45. The summed E-state index contributed by atoms with van der Waals surface area (Å²) in [7, 11) is 0. The van der Waals surface area contributed by atoms with E-state index < -0.39 is 10.6 Å². The highest BCUT2D eigenvalue weighted by Gasteiger charge is 2.42. The van der Waals surface area contributed by atoms with Crippen LogP contribution in [0.3, 0.4) is 0 Å². The van der Waals surface area contributed by atoms with E-state index in [0.29, 0.717) is 12.8 Å². The zero-order chi connectivity index (χ0) is 6.91. The van der Waals surface area contributed by atoms with E-state index in [1.54, 1.807) is 0 Å². The first-order chi connectivity index (χ1) is 4.15. The summed E-state index contributed by atoms with van der Waals surface area (Å²) in [6.45, 7) is 0. The fraction of sp³-hybridized carbons (Fsp3) is 1.00. The van der Waals surface area contributed by atoms with Crippen molar-refractivity contribution in [2.24, 2.45) is 0 Å². The van der Waals surface area contributed by atoms with Crippen molar-refractivity contribution in [3.8, 4) is 0 Å². The van der Waals surface area contributed by atoms with E-state index in [-0.39, 0.29) is 0 Å². The van der Waals surface area contributed by atoms with Gasteiger partial charge in [0.05, 0.1) is 4.92 Å². The Morgan fingerprint density at radius 2 is 1.89 bits per heavy atom. The first kappa shape index (κ1) is 6.48. The van der Waals surface area contributed by atoms with Crippen LogP contribution in [0.15, 0.2) is 0 Å². The van der Waals surface area contributed by atoms with E-state index in [9.17, 15) is 10.1 Å². The summed E-state index contributed by atoms with van der Waals surface area (Å²) < 4.78 is 0. The number of hydrogen-bond acceptors (Lipinski definition) is 3. The Bertz CT molecular complexity index is 128. The minimum atomic E-state index is -1.58. The van der Waals surface area contributed by atoms with Crippen molar-refractivity contribution >= 4 is 0 Å². The van der Waals surface area contributed by atoms with Crippen molar-refractivity contribution in [3.63, 3.8) is 0 Å². The largest absolute Gasteiger partial charge is 0.331 e. The first-order valence-electron chi connectivity index (χ1n) is 3.02. The molecule has 1 fully saturated rings. The number of rotatable bonds is 1. The smallest absolute Gasteiger partial charge is 0.322 e.